The number of likely N-dealkylation sites (N-methyl/N-ethyl adjacent to an activating group) is 1. The van der Waals surface area contributed by atoms with Crippen LogP contribution in [0.15, 0.2) is 0 Å². The smallest absolute Gasteiger partial charge is 0.0748 e. The van der Waals surface area contributed by atoms with E-state index in [4.69, 9.17) is 0 Å². The van der Waals surface area contributed by atoms with Crippen LogP contribution in [0, 0.1) is 5.92 Å². The molecular weight excluding hydrogens is 138 g/mol. The van der Waals surface area contributed by atoms with Crippen LogP contribution < -0.4 is 0 Å². The summed E-state index contributed by atoms with van der Waals surface area (Å²) in [5, 5.41) is 9.81. The van der Waals surface area contributed by atoms with Gasteiger partial charge < -0.3 is 10.0 Å². The van der Waals surface area contributed by atoms with Gasteiger partial charge in [-0.15, -0.1) is 0 Å². The van der Waals surface area contributed by atoms with Crippen LogP contribution in [0.4, 0.5) is 0 Å². The molecule has 11 heavy (non-hydrogen) atoms. The predicted octanol–water partition coefficient (Wildman–Crippen LogP) is 1.35. The monoisotopic (exact) mass is 159 g/mol. The quantitative estimate of drug-likeness (QED) is 0.669. The largest absolute Gasteiger partial charge is 0.389 e. The highest BCUT2D eigenvalue weighted by molar-refractivity contribution is 4.76. The molecule has 0 aromatic rings. The molecule has 2 nitrogen and oxygen atoms in total. The van der Waals surface area contributed by atoms with Crippen LogP contribution in [0.2, 0.25) is 0 Å². The van der Waals surface area contributed by atoms with Crippen LogP contribution in [0.5, 0.6) is 0 Å². The van der Waals surface area contributed by atoms with Crippen molar-refractivity contribution in [2.24, 2.45) is 5.92 Å². The molecule has 0 amide bonds. The molecular formula is C9H21NO. The summed E-state index contributed by atoms with van der Waals surface area (Å²) in [6, 6.07) is 0. The van der Waals surface area contributed by atoms with Gasteiger partial charge in [0.05, 0.1) is 5.60 Å². The normalized spacial score (nSPS) is 17.5. The average Bonchev–Trinajstić information content (AvgIpc) is 1.53. The van der Waals surface area contributed by atoms with Crippen molar-refractivity contribution >= 4 is 0 Å². The summed E-state index contributed by atoms with van der Waals surface area (Å²) >= 11 is 0. The highest BCUT2D eigenvalue weighted by atomic mass is 16.3. The number of rotatable bonds is 4. The van der Waals surface area contributed by atoms with Crippen LogP contribution in [0.3, 0.4) is 0 Å². The van der Waals surface area contributed by atoms with Gasteiger partial charge in [0, 0.05) is 6.54 Å². The Morgan fingerprint density at radius 2 is 1.82 bits per heavy atom. The van der Waals surface area contributed by atoms with Crippen molar-refractivity contribution in [1.29, 1.82) is 0 Å². The van der Waals surface area contributed by atoms with Gasteiger partial charge in [0.1, 0.15) is 0 Å². The van der Waals surface area contributed by atoms with E-state index in [1.165, 1.54) is 0 Å². The van der Waals surface area contributed by atoms with Gasteiger partial charge in [-0.2, -0.15) is 0 Å². The lowest BCUT2D eigenvalue weighted by Crippen LogP contribution is -2.38. The zero-order valence-electron chi connectivity index (χ0n) is 8.39. The molecule has 0 radical (unpaired) electrons. The Hall–Kier alpha value is -0.0800. The first-order valence-corrected chi connectivity index (χ1v) is 4.20. The highest BCUT2D eigenvalue weighted by Crippen LogP contribution is 2.16. The predicted molar refractivity (Wildman–Crippen MR) is 48.6 cm³/mol. The summed E-state index contributed by atoms with van der Waals surface area (Å²) in [5.74, 6) is 0.560. The summed E-state index contributed by atoms with van der Waals surface area (Å²) in [4.78, 5) is 2.02. The molecule has 0 aromatic carbocycles. The van der Waals surface area contributed by atoms with E-state index in [9.17, 15) is 5.11 Å². The van der Waals surface area contributed by atoms with Gasteiger partial charge in [0.2, 0.25) is 0 Å². The van der Waals surface area contributed by atoms with Crippen molar-refractivity contribution in [2.45, 2.75) is 32.8 Å². The zero-order valence-corrected chi connectivity index (χ0v) is 8.39. The zero-order chi connectivity index (χ0) is 9.07. The molecule has 1 unspecified atom stereocenters. The lowest BCUT2D eigenvalue weighted by Gasteiger charge is -2.28. The molecule has 0 saturated heterocycles. The minimum absolute atomic E-state index is 0.530. The Morgan fingerprint density at radius 1 is 1.36 bits per heavy atom. The van der Waals surface area contributed by atoms with Gasteiger partial charge in [0.25, 0.3) is 0 Å². The SMILES string of the molecule is CC(C)CC(C)(O)CN(C)C. The molecule has 2 heteroatoms. The topological polar surface area (TPSA) is 23.5 Å². The second kappa shape index (κ2) is 4.07. The highest BCUT2D eigenvalue weighted by Gasteiger charge is 2.21. The number of hydrogen-bond donors (Lipinski definition) is 1. The van der Waals surface area contributed by atoms with Crippen LogP contribution in [0.25, 0.3) is 0 Å². The third-order valence-corrected chi connectivity index (χ3v) is 1.50. The van der Waals surface area contributed by atoms with Crippen molar-refractivity contribution in [2.75, 3.05) is 20.6 Å². The van der Waals surface area contributed by atoms with E-state index >= 15 is 0 Å². The first-order chi connectivity index (χ1) is 4.83. The van der Waals surface area contributed by atoms with E-state index in [0.29, 0.717) is 5.92 Å². The molecule has 0 aliphatic rings. The van der Waals surface area contributed by atoms with Gasteiger partial charge in [-0.05, 0) is 33.4 Å². The summed E-state index contributed by atoms with van der Waals surface area (Å²) in [7, 11) is 3.96. The Labute approximate surface area is 70.2 Å². The van der Waals surface area contributed by atoms with Crippen molar-refractivity contribution in [3.63, 3.8) is 0 Å². The Morgan fingerprint density at radius 3 is 2.09 bits per heavy atom. The second-order valence-corrected chi connectivity index (χ2v) is 4.33. The fraction of sp³-hybridized carbons (Fsp3) is 1.00. The summed E-state index contributed by atoms with van der Waals surface area (Å²) < 4.78 is 0. The third kappa shape index (κ3) is 6.32. The number of nitrogens with zero attached hydrogens (tertiary/aromatic N) is 1. The summed E-state index contributed by atoms with van der Waals surface area (Å²) in [6.07, 6.45) is 0.866. The lowest BCUT2D eigenvalue weighted by atomic mass is 9.94. The van der Waals surface area contributed by atoms with Crippen LogP contribution in [-0.4, -0.2) is 36.2 Å². The van der Waals surface area contributed by atoms with Gasteiger partial charge in [-0.1, -0.05) is 13.8 Å². The minimum Gasteiger partial charge on any atom is -0.389 e. The average molecular weight is 159 g/mol. The van der Waals surface area contributed by atoms with E-state index in [1.807, 2.05) is 25.9 Å². The molecule has 0 heterocycles. The first kappa shape index (κ1) is 10.9. The van der Waals surface area contributed by atoms with Gasteiger partial charge in [-0.25, -0.2) is 0 Å². The standard InChI is InChI=1S/C9H21NO/c1-8(2)6-9(3,11)7-10(4)5/h8,11H,6-7H2,1-5H3. The number of aliphatic hydroxyl groups is 1. The molecule has 0 fully saturated rings. The third-order valence-electron chi connectivity index (χ3n) is 1.50. The van der Waals surface area contributed by atoms with Crippen molar-refractivity contribution < 1.29 is 5.11 Å². The molecule has 0 aromatic heterocycles. The molecule has 1 atom stereocenters. The fourth-order valence-electron chi connectivity index (χ4n) is 1.63. The maximum atomic E-state index is 9.81. The van der Waals surface area contributed by atoms with Crippen LogP contribution in [0.1, 0.15) is 27.2 Å². The van der Waals surface area contributed by atoms with Crippen molar-refractivity contribution in [1.82, 2.24) is 4.90 Å². The van der Waals surface area contributed by atoms with Crippen LogP contribution >= 0.6 is 0 Å². The van der Waals surface area contributed by atoms with E-state index in [2.05, 4.69) is 13.8 Å². The van der Waals surface area contributed by atoms with Crippen molar-refractivity contribution in [3.8, 4) is 0 Å². The minimum atomic E-state index is -0.530. The van der Waals surface area contributed by atoms with Gasteiger partial charge >= 0.3 is 0 Å². The first-order valence-electron chi connectivity index (χ1n) is 4.20. The summed E-state index contributed by atoms with van der Waals surface area (Å²) in [6.45, 7) is 6.90. The molecule has 0 rings (SSSR count). The Balaban J connectivity index is 3.79. The molecule has 0 saturated carbocycles. The lowest BCUT2D eigenvalue weighted by molar-refractivity contribution is 0.0149. The van der Waals surface area contributed by atoms with Crippen LogP contribution in [-0.2, 0) is 0 Å². The van der Waals surface area contributed by atoms with E-state index in [1.54, 1.807) is 0 Å². The van der Waals surface area contributed by atoms with E-state index in [0.717, 1.165) is 13.0 Å². The van der Waals surface area contributed by atoms with Gasteiger partial charge in [0.15, 0.2) is 0 Å². The van der Waals surface area contributed by atoms with E-state index in [-0.39, 0.29) is 0 Å². The second-order valence-electron chi connectivity index (χ2n) is 4.33. The number of hydrogen-bond acceptors (Lipinski definition) is 2. The Bertz CT molecular complexity index is 96.1. The molecule has 0 spiro atoms. The molecule has 68 valence electrons. The van der Waals surface area contributed by atoms with Crippen molar-refractivity contribution in [3.05, 3.63) is 0 Å². The summed E-state index contributed by atoms with van der Waals surface area (Å²) in [5.41, 5.74) is -0.530. The maximum Gasteiger partial charge on any atom is 0.0748 e. The Kier molecular flexibility index (Phi) is 4.04. The molecule has 0 aliphatic carbocycles. The maximum absolute atomic E-state index is 9.81. The van der Waals surface area contributed by atoms with Gasteiger partial charge in [-0.3, -0.25) is 0 Å². The van der Waals surface area contributed by atoms with E-state index < -0.39 is 5.60 Å². The molecule has 0 bridgehead atoms. The molecule has 1 N–H and O–H groups in total. The molecule has 0 aliphatic heterocycles. The fourth-order valence-corrected chi connectivity index (χ4v) is 1.63.